The number of hydrogen-bond donors (Lipinski definition) is 1. The number of amides is 2. The number of fused-ring (bicyclic) bond motifs is 2. The standard InChI is InChI=1S/C13H12N2O2/c1-8-4-5-10-9(7-8)13(17)15-6-2-3-11(15)12(16)14-10/h2,4-7,11H,3H2,1H3,(H,14,16). The van der Waals surface area contributed by atoms with Gasteiger partial charge in [0.25, 0.3) is 5.91 Å². The highest BCUT2D eigenvalue weighted by atomic mass is 16.2. The van der Waals surface area contributed by atoms with Gasteiger partial charge < -0.3 is 10.2 Å². The van der Waals surface area contributed by atoms with E-state index in [-0.39, 0.29) is 11.8 Å². The van der Waals surface area contributed by atoms with Gasteiger partial charge in [-0.3, -0.25) is 9.59 Å². The summed E-state index contributed by atoms with van der Waals surface area (Å²) in [6, 6.07) is 5.09. The van der Waals surface area contributed by atoms with Crippen LogP contribution < -0.4 is 5.32 Å². The van der Waals surface area contributed by atoms with Gasteiger partial charge in [0, 0.05) is 6.20 Å². The number of rotatable bonds is 0. The molecule has 1 aromatic carbocycles. The van der Waals surface area contributed by atoms with E-state index >= 15 is 0 Å². The van der Waals surface area contributed by atoms with Crippen LogP contribution in [-0.2, 0) is 4.79 Å². The van der Waals surface area contributed by atoms with E-state index in [0.29, 0.717) is 17.7 Å². The Balaban J connectivity index is 2.15. The molecule has 0 aliphatic carbocycles. The van der Waals surface area contributed by atoms with Crippen LogP contribution in [0.2, 0.25) is 0 Å². The molecule has 2 amide bonds. The number of nitrogens with zero attached hydrogens (tertiary/aromatic N) is 1. The van der Waals surface area contributed by atoms with Crippen molar-refractivity contribution >= 4 is 17.5 Å². The molecule has 0 radical (unpaired) electrons. The summed E-state index contributed by atoms with van der Waals surface area (Å²) in [4.78, 5) is 25.8. The summed E-state index contributed by atoms with van der Waals surface area (Å²) in [5.41, 5.74) is 2.17. The summed E-state index contributed by atoms with van der Waals surface area (Å²) in [7, 11) is 0. The smallest absolute Gasteiger partial charge is 0.260 e. The lowest BCUT2D eigenvalue weighted by Gasteiger charge is -2.18. The van der Waals surface area contributed by atoms with E-state index in [4.69, 9.17) is 0 Å². The molecule has 0 fully saturated rings. The van der Waals surface area contributed by atoms with E-state index in [1.54, 1.807) is 12.3 Å². The molecule has 0 aromatic heterocycles. The summed E-state index contributed by atoms with van der Waals surface area (Å²) in [5, 5.41) is 2.81. The first-order chi connectivity index (χ1) is 8.16. The fourth-order valence-electron chi connectivity index (χ4n) is 2.26. The van der Waals surface area contributed by atoms with Crippen LogP contribution in [0.1, 0.15) is 22.3 Å². The number of hydrogen-bond acceptors (Lipinski definition) is 2. The summed E-state index contributed by atoms with van der Waals surface area (Å²) in [5.74, 6) is -0.230. The predicted octanol–water partition coefficient (Wildman–Crippen LogP) is 1.68. The van der Waals surface area contributed by atoms with E-state index in [1.165, 1.54) is 4.90 Å². The largest absolute Gasteiger partial charge is 0.324 e. The number of nitrogens with one attached hydrogen (secondary N) is 1. The third-order valence-electron chi connectivity index (χ3n) is 3.16. The molecule has 2 aliphatic rings. The zero-order valence-electron chi connectivity index (χ0n) is 9.43. The fraction of sp³-hybridized carbons (Fsp3) is 0.231. The second-order valence-corrected chi connectivity index (χ2v) is 4.39. The Hall–Kier alpha value is -2.10. The summed E-state index contributed by atoms with van der Waals surface area (Å²) >= 11 is 0. The normalized spacial score (nSPS) is 21.9. The van der Waals surface area contributed by atoms with Crippen molar-refractivity contribution in [2.45, 2.75) is 19.4 Å². The lowest BCUT2D eigenvalue weighted by atomic mass is 10.1. The highest BCUT2D eigenvalue weighted by Crippen LogP contribution is 2.28. The molecular weight excluding hydrogens is 216 g/mol. The maximum Gasteiger partial charge on any atom is 0.260 e. The molecule has 1 aromatic rings. The molecule has 0 saturated carbocycles. The van der Waals surface area contributed by atoms with Crippen LogP contribution in [-0.4, -0.2) is 22.8 Å². The van der Waals surface area contributed by atoms with Crippen LogP contribution in [0.3, 0.4) is 0 Å². The molecule has 0 spiro atoms. The molecule has 4 heteroatoms. The van der Waals surface area contributed by atoms with Crippen LogP contribution >= 0.6 is 0 Å². The van der Waals surface area contributed by atoms with Crippen LogP contribution in [0.5, 0.6) is 0 Å². The molecule has 1 N–H and O–H groups in total. The summed E-state index contributed by atoms with van der Waals surface area (Å²) in [6.45, 7) is 1.93. The van der Waals surface area contributed by atoms with E-state index < -0.39 is 6.04 Å². The van der Waals surface area contributed by atoms with Gasteiger partial charge in [-0.05, 0) is 25.5 Å². The Morgan fingerprint density at radius 3 is 3.00 bits per heavy atom. The topological polar surface area (TPSA) is 49.4 Å². The van der Waals surface area contributed by atoms with E-state index in [0.717, 1.165) is 5.56 Å². The van der Waals surface area contributed by atoms with Gasteiger partial charge in [0.05, 0.1) is 11.3 Å². The SMILES string of the molecule is Cc1ccc2c(c1)C(=O)N1C=CCC1C(=O)N2. The Morgan fingerprint density at radius 1 is 1.35 bits per heavy atom. The van der Waals surface area contributed by atoms with Gasteiger partial charge >= 0.3 is 0 Å². The molecular formula is C13H12N2O2. The Bertz CT molecular complexity index is 548. The first-order valence-electron chi connectivity index (χ1n) is 5.57. The van der Waals surface area contributed by atoms with E-state index in [9.17, 15) is 9.59 Å². The van der Waals surface area contributed by atoms with Crippen LogP contribution in [0.4, 0.5) is 5.69 Å². The first kappa shape index (κ1) is 10.1. The zero-order chi connectivity index (χ0) is 12.0. The van der Waals surface area contributed by atoms with Gasteiger partial charge in [-0.25, -0.2) is 0 Å². The van der Waals surface area contributed by atoms with Crippen molar-refractivity contribution in [2.24, 2.45) is 0 Å². The monoisotopic (exact) mass is 228 g/mol. The van der Waals surface area contributed by atoms with Crippen molar-refractivity contribution in [1.29, 1.82) is 0 Å². The van der Waals surface area contributed by atoms with Crippen LogP contribution in [0.15, 0.2) is 30.5 Å². The molecule has 86 valence electrons. The predicted molar refractivity (Wildman–Crippen MR) is 63.5 cm³/mol. The van der Waals surface area contributed by atoms with Crippen molar-refractivity contribution in [2.75, 3.05) is 5.32 Å². The third kappa shape index (κ3) is 1.45. The van der Waals surface area contributed by atoms with Crippen LogP contribution in [0.25, 0.3) is 0 Å². The molecule has 1 unspecified atom stereocenters. The number of aryl methyl sites for hydroxylation is 1. The quantitative estimate of drug-likeness (QED) is 0.734. The Labute approximate surface area is 98.9 Å². The highest BCUT2D eigenvalue weighted by Gasteiger charge is 2.35. The summed E-state index contributed by atoms with van der Waals surface area (Å²) in [6.07, 6.45) is 4.14. The van der Waals surface area contributed by atoms with Gasteiger partial charge in [-0.2, -0.15) is 0 Å². The van der Waals surface area contributed by atoms with Crippen LogP contribution in [0, 0.1) is 6.92 Å². The van der Waals surface area contributed by atoms with Gasteiger partial charge in [0.15, 0.2) is 0 Å². The molecule has 2 aliphatic heterocycles. The summed E-state index contributed by atoms with van der Waals surface area (Å²) < 4.78 is 0. The van der Waals surface area contributed by atoms with E-state index in [2.05, 4.69) is 5.32 Å². The average molecular weight is 228 g/mol. The maximum absolute atomic E-state index is 12.3. The number of benzene rings is 1. The molecule has 4 nitrogen and oxygen atoms in total. The van der Waals surface area contributed by atoms with Crippen molar-refractivity contribution in [3.05, 3.63) is 41.6 Å². The maximum atomic E-state index is 12.3. The van der Waals surface area contributed by atoms with Gasteiger partial charge in [0.2, 0.25) is 5.91 Å². The van der Waals surface area contributed by atoms with Gasteiger partial charge in [-0.15, -0.1) is 0 Å². The molecule has 3 rings (SSSR count). The number of anilines is 1. The molecule has 0 bridgehead atoms. The first-order valence-corrected chi connectivity index (χ1v) is 5.57. The Kier molecular flexibility index (Phi) is 2.04. The molecule has 17 heavy (non-hydrogen) atoms. The molecule has 2 heterocycles. The van der Waals surface area contributed by atoms with Gasteiger partial charge in [0.1, 0.15) is 6.04 Å². The Morgan fingerprint density at radius 2 is 2.18 bits per heavy atom. The van der Waals surface area contributed by atoms with Crippen molar-refractivity contribution in [3.8, 4) is 0 Å². The lowest BCUT2D eigenvalue weighted by Crippen LogP contribution is -2.38. The number of carbonyl (C=O) groups excluding carboxylic acids is 2. The zero-order valence-corrected chi connectivity index (χ0v) is 9.43. The minimum Gasteiger partial charge on any atom is -0.324 e. The fourth-order valence-corrected chi connectivity index (χ4v) is 2.26. The molecule has 0 saturated heterocycles. The second-order valence-electron chi connectivity index (χ2n) is 4.39. The molecule has 1 atom stereocenters. The van der Waals surface area contributed by atoms with Gasteiger partial charge in [-0.1, -0.05) is 17.7 Å². The minimum atomic E-state index is -0.393. The minimum absolute atomic E-state index is 0.110. The lowest BCUT2D eigenvalue weighted by molar-refractivity contribution is -0.119. The van der Waals surface area contributed by atoms with Crippen molar-refractivity contribution in [1.82, 2.24) is 4.90 Å². The third-order valence-corrected chi connectivity index (χ3v) is 3.16. The highest BCUT2D eigenvalue weighted by molar-refractivity contribution is 6.10. The second kappa shape index (κ2) is 3.45. The average Bonchev–Trinajstić information content (AvgIpc) is 2.76. The van der Waals surface area contributed by atoms with Crippen molar-refractivity contribution in [3.63, 3.8) is 0 Å². The van der Waals surface area contributed by atoms with Crippen molar-refractivity contribution < 1.29 is 9.59 Å². The van der Waals surface area contributed by atoms with E-state index in [1.807, 2.05) is 25.1 Å². The number of carbonyl (C=O) groups is 2.